The van der Waals surface area contributed by atoms with Crippen molar-refractivity contribution in [2.45, 2.75) is 32.9 Å². The predicted octanol–water partition coefficient (Wildman–Crippen LogP) is 3.88. The number of aromatic nitrogens is 1. The van der Waals surface area contributed by atoms with E-state index in [9.17, 15) is 8.78 Å². The van der Waals surface area contributed by atoms with E-state index in [2.05, 4.69) is 19.2 Å². The second-order valence-electron chi connectivity index (χ2n) is 4.94. The smallest absolute Gasteiger partial charge is 0.131 e. The summed E-state index contributed by atoms with van der Waals surface area (Å²) in [6.45, 7) is 5.28. The third kappa shape index (κ3) is 3.25. The van der Waals surface area contributed by atoms with Crippen LogP contribution in [0.15, 0.2) is 36.5 Å². The lowest BCUT2D eigenvalue weighted by Crippen LogP contribution is -2.22. The van der Waals surface area contributed by atoms with E-state index in [4.69, 9.17) is 0 Å². The molecule has 2 rings (SSSR count). The minimum atomic E-state index is -0.501. The van der Waals surface area contributed by atoms with E-state index in [0.717, 1.165) is 18.7 Å². The number of hydrogen-bond donors (Lipinski definition) is 1. The monoisotopic (exact) mass is 278 g/mol. The Bertz CT molecular complexity index is 543. The molecule has 20 heavy (non-hydrogen) atoms. The van der Waals surface area contributed by atoms with Crippen LogP contribution in [-0.2, 0) is 6.54 Å². The molecule has 0 spiro atoms. The fourth-order valence-electron chi connectivity index (χ4n) is 2.28. The van der Waals surface area contributed by atoms with Crippen LogP contribution < -0.4 is 5.32 Å². The van der Waals surface area contributed by atoms with Gasteiger partial charge in [0.25, 0.3) is 0 Å². The van der Waals surface area contributed by atoms with E-state index in [-0.39, 0.29) is 18.2 Å². The molecule has 0 saturated heterocycles. The zero-order chi connectivity index (χ0) is 14.5. The number of halogens is 2. The second kappa shape index (κ2) is 6.66. The Kier molecular flexibility index (Phi) is 4.90. The maximum Gasteiger partial charge on any atom is 0.131 e. The lowest BCUT2D eigenvalue weighted by atomic mass is 10.1. The minimum Gasteiger partial charge on any atom is -0.345 e. The second-order valence-corrected chi connectivity index (χ2v) is 4.94. The van der Waals surface area contributed by atoms with Gasteiger partial charge < -0.3 is 9.88 Å². The molecule has 1 aromatic heterocycles. The van der Waals surface area contributed by atoms with Crippen LogP contribution in [0.1, 0.15) is 37.6 Å². The Morgan fingerprint density at radius 1 is 1.15 bits per heavy atom. The molecule has 4 heteroatoms. The third-order valence-electron chi connectivity index (χ3n) is 3.40. The number of nitrogens with zero attached hydrogens (tertiary/aromatic N) is 1. The van der Waals surface area contributed by atoms with Gasteiger partial charge in [-0.3, -0.25) is 0 Å². The normalized spacial score (nSPS) is 12.6. The molecule has 1 heterocycles. The first-order valence-corrected chi connectivity index (χ1v) is 6.94. The highest BCUT2D eigenvalue weighted by Crippen LogP contribution is 2.18. The number of benzene rings is 1. The lowest BCUT2D eigenvalue weighted by molar-refractivity contribution is 0.513. The number of nitrogens with one attached hydrogen (secondary N) is 1. The van der Waals surface area contributed by atoms with Crippen molar-refractivity contribution in [3.63, 3.8) is 0 Å². The molecule has 108 valence electrons. The van der Waals surface area contributed by atoms with Crippen LogP contribution in [0.2, 0.25) is 0 Å². The Morgan fingerprint density at radius 3 is 2.50 bits per heavy atom. The van der Waals surface area contributed by atoms with E-state index in [0.29, 0.717) is 0 Å². The van der Waals surface area contributed by atoms with Gasteiger partial charge in [-0.1, -0.05) is 13.0 Å². The Hall–Kier alpha value is -1.68. The maximum absolute atomic E-state index is 13.7. The van der Waals surface area contributed by atoms with Gasteiger partial charge in [0, 0.05) is 23.5 Å². The van der Waals surface area contributed by atoms with Gasteiger partial charge in [-0.25, -0.2) is 8.78 Å². The highest BCUT2D eigenvalue weighted by atomic mass is 19.1. The average molecular weight is 278 g/mol. The average Bonchev–Trinajstić information content (AvgIpc) is 2.88. The molecular formula is C16H20F2N2. The zero-order valence-corrected chi connectivity index (χ0v) is 11.9. The van der Waals surface area contributed by atoms with Gasteiger partial charge in [0.1, 0.15) is 11.6 Å². The molecule has 0 fully saturated rings. The first-order chi connectivity index (χ1) is 9.63. The molecule has 0 amide bonds. The molecule has 0 aliphatic carbocycles. The Balaban J connectivity index is 2.20. The van der Waals surface area contributed by atoms with Crippen LogP contribution in [0.5, 0.6) is 0 Å². The van der Waals surface area contributed by atoms with E-state index < -0.39 is 11.6 Å². The minimum absolute atomic E-state index is 0.104. The predicted molar refractivity (Wildman–Crippen MR) is 76.6 cm³/mol. The summed E-state index contributed by atoms with van der Waals surface area (Å²) in [5, 5.41) is 3.38. The molecule has 1 unspecified atom stereocenters. The third-order valence-corrected chi connectivity index (χ3v) is 3.40. The van der Waals surface area contributed by atoms with Gasteiger partial charge in [0.05, 0.1) is 6.54 Å². The van der Waals surface area contributed by atoms with E-state index in [1.807, 2.05) is 22.9 Å². The van der Waals surface area contributed by atoms with Crippen molar-refractivity contribution in [1.29, 1.82) is 0 Å². The van der Waals surface area contributed by atoms with Crippen LogP contribution in [-0.4, -0.2) is 11.1 Å². The summed E-state index contributed by atoms with van der Waals surface area (Å²) in [5.74, 6) is -1.00. The number of hydrogen-bond acceptors (Lipinski definition) is 1. The fraction of sp³-hybridized carbons (Fsp3) is 0.375. The fourth-order valence-corrected chi connectivity index (χ4v) is 2.28. The Morgan fingerprint density at radius 2 is 1.85 bits per heavy atom. The summed E-state index contributed by atoms with van der Waals surface area (Å²) in [6.07, 6.45) is 2.90. The van der Waals surface area contributed by atoms with Crippen molar-refractivity contribution >= 4 is 0 Å². The summed E-state index contributed by atoms with van der Waals surface area (Å²) >= 11 is 0. The lowest BCUT2D eigenvalue weighted by Gasteiger charge is -2.17. The van der Waals surface area contributed by atoms with Crippen molar-refractivity contribution in [2.24, 2.45) is 0 Å². The zero-order valence-electron chi connectivity index (χ0n) is 11.9. The largest absolute Gasteiger partial charge is 0.345 e. The summed E-state index contributed by atoms with van der Waals surface area (Å²) in [5.41, 5.74) is 1.13. The molecule has 0 saturated carbocycles. The quantitative estimate of drug-likeness (QED) is 0.848. The molecular weight excluding hydrogens is 258 g/mol. The summed E-state index contributed by atoms with van der Waals surface area (Å²) in [6, 6.07) is 8.00. The summed E-state index contributed by atoms with van der Waals surface area (Å²) in [4.78, 5) is 0. The van der Waals surface area contributed by atoms with Crippen LogP contribution in [0, 0.1) is 11.6 Å². The molecule has 1 atom stereocenters. The molecule has 1 N–H and O–H groups in total. The summed E-state index contributed by atoms with van der Waals surface area (Å²) < 4.78 is 29.3. The molecule has 1 aromatic carbocycles. The molecule has 0 radical (unpaired) electrons. The van der Waals surface area contributed by atoms with Gasteiger partial charge in [-0.05, 0) is 44.2 Å². The van der Waals surface area contributed by atoms with Crippen LogP contribution in [0.3, 0.4) is 0 Å². The molecule has 2 aromatic rings. The van der Waals surface area contributed by atoms with E-state index in [1.54, 1.807) is 0 Å². The van der Waals surface area contributed by atoms with Gasteiger partial charge in [0.15, 0.2) is 0 Å². The van der Waals surface area contributed by atoms with Gasteiger partial charge in [-0.15, -0.1) is 0 Å². The van der Waals surface area contributed by atoms with Crippen LogP contribution in [0.4, 0.5) is 8.78 Å². The topological polar surface area (TPSA) is 17.0 Å². The van der Waals surface area contributed by atoms with Crippen LogP contribution >= 0.6 is 0 Å². The van der Waals surface area contributed by atoms with Crippen LogP contribution in [0.25, 0.3) is 0 Å². The highest BCUT2D eigenvalue weighted by molar-refractivity contribution is 5.22. The maximum atomic E-state index is 13.7. The molecule has 0 aliphatic rings. The first kappa shape index (κ1) is 14.7. The van der Waals surface area contributed by atoms with E-state index in [1.165, 1.54) is 18.2 Å². The van der Waals surface area contributed by atoms with Crippen molar-refractivity contribution in [3.05, 3.63) is 59.4 Å². The molecule has 2 nitrogen and oxygen atoms in total. The SMILES string of the molecule is CCCNC(C)c1cccn1Cc1c(F)cccc1F. The van der Waals surface area contributed by atoms with Crippen molar-refractivity contribution < 1.29 is 8.78 Å². The number of rotatable bonds is 6. The molecule has 0 bridgehead atoms. The van der Waals surface area contributed by atoms with E-state index >= 15 is 0 Å². The van der Waals surface area contributed by atoms with Gasteiger partial charge in [-0.2, -0.15) is 0 Å². The summed E-state index contributed by atoms with van der Waals surface area (Å²) in [7, 11) is 0. The Labute approximate surface area is 118 Å². The van der Waals surface area contributed by atoms with Gasteiger partial charge in [0.2, 0.25) is 0 Å². The van der Waals surface area contributed by atoms with Crippen molar-refractivity contribution in [2.75, 3.05) is 6.54 Å². The standard InChI is InChI=1S/C16H20F2N2/c1-3-9-19-12(2)16-8-5-10-20(16)11-13-14(17)6-4-7-15(13)18/h4-8,10,12,19H,3,9,11H2,1-2H3. The van der Waals surface area contributed by atoms with Crippen molar-refractivity contribution in [1.82, 2.24) is 9.88 Å². The van der Waals surface area contributed by atoms with Crippen molar-refractivity contribution in [3.8, 4) is 0 Å². The molecule has 0 aliphatic heterocycles. The first-order valence-electron chi connectivity index (χ1n) is 6.94. The highest BCUT2D eigenvalue weighted by Gasteiger charge is 2.13. The van der Waals surface area contributed by atoms with Gasteiger partial charge >= 0.3 is 0 Å².